The van der Waals surface area contributed by atoms with E-state index in [4.69, 9.17) is 53.3 Å². The summed E-state index contributed by atoms with van der Waals surface area (Å²) >= 11 is 0. The Morgan fingerprint density at radius 1 is 0.900 bits per heavy atom. The van der Waals surface area contributed by atoms with Gasteiger partial charge in [-0.25, -0.2) is 0 Å². The van der Waals surface area contributed by atoms with Crippen molar-refractivity contribution in [3.8, 4) is 0 Å². The summed E-state index contributed by atoms with van der Waals surface area (Å²) < 4.78 is 23.5. The van der Waals surface area contributed by atoms with Gasteiger partial charge in [0.25, 0.3) is 0 Å². The van der Waals surface area contributed by atoms with Crippen molar-refractivity contribution in [3.05, 3.63) is 0 Å². The van der Waals surface area contributed by atoms with Gasteiger partial charge in [0.15, 0.2) is 12.6 Å². The Bertz CT molecular complexity index is 805. The highest BCUT2D eigenvalue weighted by atomic mass is 16.7. The fourth-order valence-electron chi connectivity index (χ4n) is 5.28. The second-order valence-corrected chi connectivity index (χ2v) is 10.7. The Balaban J connectivity index is 1.85. The van der Waals surface area contributed by atoms with Crippen LogP contribution in [0.1, 0.15) is 25.7 Å². The third-order valence-corrected chi connectivity index (χ3v) is 7.75. The summed E-state index contributed by atoms with van der Waals surface area (Å²) in [5.74, 6) is -0.778. The number of nitrogens with one attached hydrogen (secondary N) is 1. The molecule has 1 saturated carbocycles. The Labute approximate surface area is 232 Å². The van der Waals surface area contributed by atoms with E-state index in [9.17, 15) is 30.3 Å². The quantitative estimate of drug-likeness (QED) is 0.108. The molecule has 3 aliphatic rings. The molecule has 40 heavy (non-hydrogen) atoms. The summed E-state index contributed by atoms with van der Waals surface area (Å²) in [6.07, 6.45) is -12.7. The monoisotopic (exact) mass is 581 g/mol. The van der Waals surface area contributed by atoms with Crippen molar-refractivity contribution < 1.29 is 49.3 Å². The summed E-state index contributed by atoms with van der Waals surface area (Å²) in [6, 6.07) is -3.68. The van der Waals surface area contributed by atoms with Crippen molar-refractivity contribution in [3.63, 3.8) is 0 Å². The van der Waals surface area contributed by atoms with E-state index in [1.165, 1.54) is 0 Å². The van der Waals surface area contributed by atoms with Crippen molar-refractivity contribution in [2.75, 3.05) is 19.6 Å². The number of rotatable bonds is 11. The normalized spacial score (nSPS) is 44.1. The molecule has 3 rings (SSSR count). The van der Waals surface area contributed by atoms with Crippen molar-refractivity contribution in [1.29, 1.82) is 0 Å². The molecule has 0 spiro atoms. The molecule has 1 amide bonds. The maximum atomic E-state index is 12.6. The maximum absolute atomic E-state index is 12.6. The second-order valence-electron chi connectivity index (χ2n) is 10.7. The molecular weight excluding hydrogens is 534 g/mol. The highest BCUT2D eigenvalue weighted by molar-refractivity contribution is 5.80. The van der Waals surface area contributed by atoms with Gasteiger partial charge in [0.05, 0.1) is 30.3 Å². The van der Waals surface area contributed by atoms with E-state index in [0.717, 1.165) is 0 Å². The minimum Gasteiger partial charge on any atom is -0.389 e. The molecule has 7 unspecified atom stereocenters. The SMILES string of the molecule is NCC[C@H](O)C(=O)N[C@@H]1C[C@H](N)C(O[C@H]2OC(CN)CCC2N)C(O)[C@H]1O[C@H]1OC(C(O)CN)[C@@H](O)[C@H](N)C1O. The van der Waals surface area contributed by atoms with E-state index in [2.05, 4.69) is 5.32 Å². The number of hydrogen-bond acceptors (Lipinski definition) is 16. The van der Waals surface area contributed by atoms with E-state index < -0.39 is 91.5 Å². The minimum atomic E-state index is -1.60. The van der Waals surface area contributed by atoms with Crippen LogP contribution in [0.25, 0.3) is 0 Å². The summed E-state index contributed by atoms with van der Waals surface area (Å²) in [7, 11) is 0. The first-order valence-corrected chi connectivity index (χ1v) is 13.6. The van der Waals surface area contributed by atoms with Crippen molar-refractivity contribution in [2.24, 2.45) is 34.4 Å². The fraction of sp³-hybridized carbons (Fsp3) is 0.957. The van der Waals surface area contributed by atoms with Crippen LogP contribution in [-0.2, 0) is 23.7 Å². The average molecular weight is 582 g/mol. The number of hydrogen-bond donors (Lipinski definition) is 12. The zero-order valence-corrected chi connectivity index (χ0v) is 22.4. The Kier molecular flexibility index (Phi) is 12.4. The number of aliphatic hydroxyl groups is 5. The van der Waals surface area contributed by atoms with Crippen LogP contribution in [0.5, 0.6) is 0 Å². The molecule has 0 aromatic carbocycles. The number of nitrogens with two attached hydrogens (primary N) is 6. The van der Waals surface area contributed by atoms with E-state index in [1.807, 2.05) is 0 Å². The van der Waals surface area contributed by atoms with Gasteiger partial charge in [-0.2, -0.15) is 0 Å². The molecule has 0 aromatic heterocycles. The van der Waals surface area contributed by atoms with Gasteiger partial charge in [0.2, 0.25) is 5.91 Å². The van der Waals surface area contributed by atoms with E-state index in [0.29, 0.717) is 12.8 Å². The molecule has 2 aliphatic heterocycles. The molecule has 3 fully saturated rings. The van der Waals surface area contributed by atoms with Crippen LogP contribution in [0.2, 0.25) is 0 Å². The molecule has 0 aromatic rings. The summed E-state index contributed by atoms with van der Waals surface area (Å²) in [5.41, 5.74) is 35.2. The van der Waals surface area contributed by atoms with Gasteiger partial charge in [-0.05, 0) is 32.2 Å². The van der Waals surface area contributed by atoms with Crippen LogP contribution >= 0.6 is 0 Å². The Morgan fingerprint density at radius 2 is 1.57 bits per heavy atom. The Hall–Kier alpha value is -1.13. The zero-order chi connectivity index (χ0) is 29.7. The standard InChI is InChI=1S/C23H47N7O10/c24-4-3-12(31)21(36)30-11-5-10(28)18(38-22-9(27)2-1-8(6-25)37-22)17(35)19(11)39-23-16(34)14(29)15(33)20(40-23)13(32)7-26/h8-20,22-23,31-35H,1-7,24-29H2,(H,30,36)/t8?,9?,10-,11+,12-,13?,14-,15-,16?,17?,18?,19-,20?,22+,23-/m0/s1. The molecule has 17 heteroatoms. The van der Waals surface area contributed by atoms with Gasteiger partial charge in [0, 0.05) is 19.1 Å². The molecule has 0 bridgehead atoms. The largest absolute Gasteiger partial charge is 0.389 e. The topological polar surface area (TPSA) is 323 Å². The lowest BCUT2D eigenvalue weighted by atomic mass is 9.83. The minimum absolute atomic E-state index is 0.00208. The van der Waals surface area contributed by atoms with Gasteiger partial charge < -0.3 is 84.2 Å². The molecule has 234 valence electrons. The highest BCUT2D eigenvalue weighted by Crippen LogP contribution is 2.32. The lowest BCUT2D eigenvalue weighted by molar-refractivity contribution is -0.319. The summed E-state index contributed by atoms with van der Waals surface area (Å²) in [4.78, 5) is 12.6. The number of aliphatic hydroxyl groups excluding tert-OH is 5. The van der Waals surface area contributed by atoms with Gasteiger partial charge in [-0.1, -0.05) is 0 Å². The Morgan fingerprint density at radius 3 is 2.20 bits per heavy atom. The highest BCUT2D eigenvalue weighted by Gasteiger charge is 2.52. The molecule has 18 N–H and O–H groups in total. The van der Waals surface area contributed by atoms with Gasteiger partial charge in [-0.3, -0.25) is 4.79 Å². The molecule has 15 atom stereocenters. The number of ether oxygens (including phenoxy) is 4. The van der Waals surface area contributed by atoms with Crippen LogP contribution in [0.3, 0.4) is 0 Å². The molecule has 1 aliphatic carbocycles. The average Bonchev–Trinajstić information content (AvgIpc) is 2.93. The smallest absolute Gasteiger partial charge is 0.249 e. The van der Waals surface area contributed by atoms with Gasteiger partial charge in [-0.15, -0.1) is 0 Å². The number of carbonyl (C=O) groups excluding carboxylic acids is 1. The zero-order valence-electron chi connectivity index (χ0n) is 22.4. The first-order valence-electron chi connectivity index (χ1n) is 13.6. The van der Waals surface area contributed by atoms with Crippen LogP contribution in [0.4, 0.5) is 0 Å². The van der Waals surface area contributed by atoms with E-state index in [1.54, 1.807) is 0 Å². The number of amides is 1. The second kappa shape index (κ2) is 14.9. The van der Waals surface area contributed by atoms with Gasteiger partial charge in [0.1, 0.15) is 42.7 Å². The van der Waals surface area contributed by atoms with Crippen LogP contribution < -0.4 is 39.7 Å². The molecule has 0 radical (unpaired) electrons. The van der Waals surface area contributed by atoms with Crippen LogP contribution in [-0.4, -0.2) is 143 Å². The summed E-state index contributed by atoms with van der Waals surface area (Å²) in [5, 5.41) is 55.5. The first-order chi connectivity index (χ1) is 18.9. The number of carbonyl (C=O) groups is 1. The van der Waals surface area contributed by atoms with Crippen molar-refractivity contribution >= 4 is 5.91 Å². The summed E-state index contributed by atoms with van der Waals surface area (Å²) in [6.45, 7) is 0.0166. The molecular formula is C23H47N7O10. The fourth-order valence-corrected chi connectivity index (χ4v) is 5.28. The van der Waals surface area contributed by atoms with E-state index >= 15 is 0 Å². The third-order valence-electron chi connectivity index (χ3n) is 7.75. The van der Waals surface area contributed by atoms with Gasteiger partial charge >= 0.3 is 0 Å². The molecule has 2 saturated heterocycles. The predicted octanol–water partition coefficient (Wildman–Crippen LogP) is -7.07. The maximum Gasteiger partial charge on any atom is 0.249 e. The van der Waals surface area contributed by atoms with Crippen LogP contribution in [0.15, 0.2) is 0 Å². The van der Waals surface area contributed by atoms with Crippen molar-refractivity contribution in [2.45, 2.75) is 117 Å². The van der Waals surface area contributed by atoms with Crippen LogP contribution in [0, 0.1) is 0 Å². The van der Waals surface area contributed by atoms with E-state index in [-0.39, 0.29) is 38.6 Å². The molecule has 2 heterocycles. The lowest BCUT2D eigenvalue weighted by Crippen LogP contribution is -2.69. The molecule has 17 nitrogen and oxygen atoms in total. The predicted molar refractivity (Wildman–Crippen MR) is 139 cm³/mol. The third kappa shape index (κ3) is 7.63. The lowest BCUT2D eigenvalue weighted by Gasteiger charge is -2.48. The first kappa shape index (κ1) is 33.4. The van der Waals surface area contributed by atoms with Crippen molar-refractivity contribution in [1.82, 2.24) is 5.32 Å².